The summed E-state index contributed by atoms with van der Waals surface area (Å²) in [4.78, 5) is 0. The van der Waals surface area contributed by atoms with Crippen LogP contribution in [0, 0.1) is 5.92 Å². The van der Waals surface area contributed by atoms with E-state index in [4.69, 9.17) is 0 Å². The maximum absolute atomic E-state index is 10.3. The molecule has 1 aromatic heterocycles. The van der Waals surface area contributed by atoms with E-state index in [2.05, 4.69) is 28.0 Å². The molecule has 3 nitrogen and oxygen atoms in total. The summed E-state index contributed by atoms with van der Waals surface area (Å²) in [6.45, 7) is 2.10. The summed E-state index contributed by atoms with van der Waals surface area (Å²) in [6, 6.07) is 0. The van der Waals surface area contributed by atoms with Gasteiger partial charge in [0.25, 0.3) is 0 Å². The van der Waals surface area contributed by atoms with Gasteiger partial charge in [-0.2, -0.15) is 16.9 Å². The Hall–Kier alpha value is -0.000000000000000111. The molecule has 1 aliphatic heterocycles. The average molecular weight is 319 g/mol. The molecule has 2 unspecified atom stereocenters. The Labute approximate surface area is 115 Å². The van der Waals surface area contributed by atoms with Gasteiger partial charge < -0.3 is 5.11 Å². The first kappa shape index (κ1) is 13.4. The number of nitrogens with zero attached hydrogens (tertiary/aromatic N) is 2. The van der Waals surface area contributed by atoms with Crippen molar-refractivity contribution < 1.29 is 5.11 Å². The second-order valence-electron chi connectivity index (χ2n) is 4.58. The highest BCUT2D eigenvalue weighted by atomic mass is 79.9. The lowest BCUT2D eigenvalue weighted by Gasteiger charge is -2.17. The van der Waals surface area contributed by atoms with Crippen molar-refractivity contribution in [3.05, 3.63) is 15.9 Å². The number of rotatable bonds is 4. The number of aromatic nitrogens is 2. The molecule has 2 atom stereocenters. The Morgan fingerprint density at radius 2 is 2.41 bits per heavy atom. The van der Waals surface area contributed by atoms with Crippen LogP contribution in [0.2, 0.25) is 0 Å². The molecule has 96 valence electrons. The number of aliphatic hydroxyl groups is 1. The summed E-state index contributed by atoms with van der Waals surface area (Å²) in [5.41, 5.74) is 2.20. The molecule has 0 aromatic carbocycles. The van der Waals surface area contributed by atoms with Crippen LogP contribution in [0.3, 0.4) is 0 Å². The maximum Gasteiger partial charge on any atom is 0.0766 e. The fourth-order valence-corrected chi connectivity index (χ4v) is 4.37. The van der Waals surface area contributed by atoms with Gasteiger partial charge in [0, 0.05) is 13.5 Å². The van der Waals surface area contributed by atoms with E-state index in [-0.39, 0.29) is 6.10 Å². The molecule has 0 bridgehead atoms. The van der Waals surface area contributed by atoms with E-state index in [1.165, 1.54) is 5.75 Å². The van der Waals surface area contributed by atoms with Crippen LogP contribution in [0.25, 0.3) is 0 Å². The van der Waals surface area contributed by atoms with Crippen LogP contribution in [0.4, 0.5) is 0 Å². The third kappa shape index (κ3) is 2.88. The zero-order valence-electron chi connectivity index (χ0n) is 10.3. The van der Waals surface area contributed by atoms with Gasteiger partial charge in [0.15, 0.2) is 0 Å². The standard InChI is InChI=1S/C12H19BrN2OS/c1-3-9-12(13)10(15(2)14-9)6-11(16)8-4-5-17-7-8/h8,11,16H,3-7H2,1-2H3. The van der Waals surface area contributed by atoms with Crippen LogP contribution in [-0.2, 0) is 19.9 Å². The summed E-state index contributed by atoms with van der Waals surface area (Å²) in [7, 11) is 1.95. The number of hydrogen-bond acceptors (Lipinski definition) is 3. The Kier molecular flexibility index (Phi) is 4.55. The SMILES string of the molecule is CCc1nn(C)c(CC(O)C2CCSC2)c1Br. The van der Waals surface area contributed by atoms with Crippen LogP contribution < -0.4 is 0 Å². The van der Waals surface area contributed by atoms with Gasteiger partial charge in [0.1, 0.15) is 0 Å². The predicted molar refractivity (Wildman–Crippen MR) is 75.4 cm³/mol. The van der Waals surface area contributed by atoms with E-state index in [0.717, 1.165) is 34.5 Å². The molecule has 2 heterocycles. The van der Waals surface area contributed by atoms with E-state index in [9.17, 15) is 5.11 Å². The molecule has 0 radical (unpaired) electrons. The van der Waals surface area contributed by atoms with Gasteiger partial charge in [-0.05, 0) is 46.2 Å². The van der Waals surface area contributed by atoms with Gasteiger partial charge in [0.05, 0.1) is 22.0 Å². The molecule has 1 aliphatic rings. The molecule has 1 N–H and O–H groups in total. The highest BCUT2D eigenvalue weighted by Gasteiger charge is 2.26. The first-order valence-corrected chi connectivity index (χ1v) is 8.04. The van der Waals surface area contributed by atoms with Crippen molar-refractivity contribution in [3.8, 4) is 0 Å². The second kappa shape index (κ2) is 5.76. The Morgan fingerprint density at radius 1 is 1.65 bits per heavy atom. The minimum absolute atomic E-state index is 0.235. The van der Waals surface area contributed by atoms with Crippen LogP contribution in [-0.4, -0.2) is 32.5 Å². The first-order chi connectivity index (χ1) is 8.13. The second-order valence-corrected chi connectivity index (χ2v) is 6.52. The third-order valence-electron chi connectivity index (χ3n) is 3.41. The van der Waals surface area contributed by atoms with Crippen LogP contribution in [0.5, 0.6) is 0 Å². The minimum atomic E-state index is -0.235. The molecule has 0 amide bonds. The highest BCUT2D eigenvalue weighted by Crippen LogP contribution is 2.30. The highest BCUT2D eigenvalue weighted by molar-refractivity contribution is 9.10. The van der Waals surface area contributed by atoms with Crippen molar-refractivity contribution in [1.82, 2.24) is 9.78 Å². The van der Waals surface area contributed by atoms with Crippen molar-refractivity contribution in [1.29, 1.82) is 0 Å². The molecular formula is C12H19BrN2OS. The summed E-state index contributed by atoms with van der Waals surface area (Å²) in [5.74, 6) is 2.73. The zero-order valence-corrected chi connectivity index (χ0v) is 12.7. The number of aliphatic hydroxyl groups excluding tert-OH is 1. The molecule has 1 aromatic rings. The Morgan fingerprint density at radius 3 is 2.94 bits per heavy atom. The molecule has 0 aliphatic carbocycles. The van der Waals surface area contributed by atoms with Crippen molar-refractivity contribution in [2.75, 3.05) is 11.5 Å². The monoisotopic (exact) mass is 318 g/mol. The van der Waals surface area contributed by atoms with Gasteiger partial charge in [-0.1, -0.05) is 6.92 Å². The van der Waals surface area contributed by atoms with E-state index in [0.29, 0.717) is 12.3 Å². The Bertz CT molecular complexity index is 388. The third-order valence-corrected chi connectivity index (χ3v) is 5.52. The molecule has 0 saturated carbocycles. The molecule has 17 heavy (non-hydrogen) atoms. The van der Waals surface area contributed by atoms with Gasteiger partial charge in [0.2, 0.25) is 0 Å². The summed E-state index contributed by atoms with van der Waals surface area (Å²) in [5, 5.41) is 14.7. The first-order valence-electron chi connectivity index (χ1n) is 6.09. The van der Waals surface area contributed by atoms with E-state index in [1.807, 2.05) is 23.5 Å². The Balaban J connectivity index is 2.09. The molecule has 1 saturated heterocycles. The molecular weight excluding hydrogens is 300 g/mol. The van der Waals surface area contributed by atoms with Crippen molar-refractivity contribution in [2.24, 2.45) is 13.0 Å². The normalized spacial score (nSPS) is 22.0. The number of hydrogen-bond donors (Lipinski definition) is 1. The van der Waals surface area contributed by atoms with E-state index < -0.39 is 0 Å². The average Bonchev–Trinajstić information content (AvgIpc) is 2.92. The molecule has 1 fully saturated rings. The minimum Gasteiger partial charge on any atom is -0.392 e. The van der Waals surface area contributed by atoms with Crippen molar-refractivity contribution >= 4 is 27.7 Å². The van der Waals surface area contributed by atoms with Crippen molar-refractivity contribution in [3.63, 3.8) is 0 Å². The van der Waals surface area contributed by atoms with Gasteiger partial charge >= 0.3 is 0 Å². The van der Waals surface area contributed by atoms with Crippen molar-refractivity contribution in [2.45, 2.75) is 32.3 Å². The van der Waals surface area contributed by atoms with Gasteiger partial charge in [-0.3, -0.25) is 4.68 Å². The molecule has 5 heteroatoms. The van der Waals surface area contributed by atoms with E-state index in [1.54, 1.807) is 0 Å². The van der Waals surface area contributed by atoms with Crippen LogP contribution >= 0.6 is 27.7 Å². The maximum atomic E-state index is 10.3. The van der Waals surface area contributed by atoms with Crippen LogP contribution in [0.1, 0.15) is 24.7 Å². The summed E-state index contributed by atoms with van der Waals surface area (Å²) in [6.07, 6.45) is 2.53. The topological polar surface area (TPSA) is 38.0 Å². The lowest BCUT2D eigenvalue weighted by Crippen LogP contribution is -2.23. The number of halogens is 1. The van der Waals surface area contributed by atoms with Crippen LogP contribution in [0.15, 0.2) is 4.47 Å². The zero-order chi connectivity index (χ0) is 12.4. The van der Waals surface area contributed by atoms with Gasteiger partial charge in [-0.15, -0.1) is 0 Å². The fraction of sp³-hybridized carbons (Fsp3) is 0.750. The number of thioether (sulfide) groups is 1. The molecule has 0 spiro atoms. The smallest absolute Gasteiger partial charge is 0.0766 e. The largest absolute Gasteiger partial charge is 0.392 e. The lowest BCUT2D eigenvalue weighted by molar-refractivity contribution is 0.118. The fourth-order valence-electron chi connectivity index (χ4n) is 2.26. The summed E-state index contributed by atoms with van der Waals surface area (Å²) >= 11 is 5.54. The lowest BCUT2D eigenvalue weighted by atomic mass is 9.98. The van der Waals surface area contributed by atoms with E-state index >= 15 is 0 Å². The quantitative estimate of drug-likeness (QED) is 0.926. The summed E-state index contributed by atoms with van der Waals surface area (Å²) < 4.78 is 2.97. The molecule has 2 rings (SSSR count). The predicted octanol–water partition coefficient (Wildman–Crippen LogP) is 2.40. The number of aryl methyl sites for hydroxylation is 2. The van der Waals surface area contributed by atoms with Gasteiger partial charge in [-0.25, -0.2) is 0 Å².